The molecule has 0 aromatic rings. The second-order valence-corrected chi connectivity index (χ2v) is 3.79. The molecule has 0 heterocycles. The van der Waals surface area contributed by atoms with Crippen LogP contribution in [-0.4, -0.2) is 46.9 Å². The fraction of sp³-hybridized carbons (Fsp3) is 1.00. The molecule has 0 saturated carbocycles. The summed E-state index contributed by atoms with van der Waals surface area (Å²) < 4.78 is 0. The molecule has 0 fully saturated rings. The molecule has 0 bridgehead atoms. The number of rotatable bonds is 2. The molecule has 0 atom stereocenters. The molecule has 4 N–H and O–H groups in total. The first-order valence-electron chi connectivity index (χ1n) is 5.81. The zero-order chi connectivity index (χ0) is 14.0. The van der Waals surface area contributed by atoms with Crippen LogP contribution < -0.4 is 0 Å². The maximum atomic E-state index is 8.14. The van der Waals surface area contributed by atoms with Gasteiger partial charge in [-0.25, -0.2) is 0 Å². The van der Waals surface area contributed by atoms with Crippen molar-refractivity contribution >= 4 is 0 Å². The van der Waals surface area contributed by atoms with E-state index in [1.807, 2.05) is 27.7 Å². The SMILES string of the molecule is CC(C)CO.CC(C)CO.CCO.CCO.[Hf]. The molecule has 0 spiro atoms. The van der Waals surface area contributed by atoms with Gasteiger partial charge in [0.15, 0.2) is 0 Å². The van der Waals surface area contributed by atoms with Gasteiger partial charge in [-0.1, -0.05) is 27.7 Å². The maximum absolute atomic E-state index is 8.14. The fourth-order valence-corrected chi connectivity index (χ4v) is 0. The van der Waals surface area contributed by atoms with E-state index in [4.69, 9.17) is 20.4 Å². The van der Waals surface area contributed by atoms with E-state index in [0.29, 0.717) is 25.0 Å². The van der Waals surface area contributed by atoms with Crippen molar-refractivity contribution in [3.8, 4) is 0 Å². The van der Waals surface area contributed by atoms with Crippen LogP contribution in [0.5, 0.6) is 0 Å². The summed E-state index contributed by atoms with van der Waals surface area (Å²) >= 11 is 0. The Balaban J connectivity index is -0.0000000381. The molecule has 0 amide bonds. The third kappa shape index (κ3) is 163. The van der Waals surface area contributed by atoms with Crippen molar-refractivity contribution in [3.05, 3.63) is 0 Å². The fourth-order valence-electron chi connectivity index (χ4n) is 0. The Labute approximate surface area is 126 Å². The minimum absolute atomic E-state index is 0. The zero-order valence-corrected chi connectivity index (χ0v) is 15.9. The topological polar surface area (TPSA) is 80.9 Å². The first-order chi connectivity index (χ1) is 7.37. The summed E-state index contributed by atoms with van der Waals surface area (Å²) in [6.45, 7) is 12.4. The van der Waals surface area contributed by atoms with Gasteiger partial charge in [-0.05, 0) is 25.7 Å². The van der Waals surface area contributed by atoms with Crippen LogP contribution in [0.15, 0.2) is 0 Å². The van der Waals surface area contributed by atoms with Gasteiger partial charge < -0.3 is 20.4 Å². The van der Waals surface area contributed by atoms with Crippen molar-refractivity contribution in [3.63, 3.8) is 0 Å². The molecule has 5 heteroatoms. The number of hydrogen-bond acceptors (Lipinski definition) is 4. The van der Waals surface area contributed by atoms with Crippen LogP contribution in [0.2, 0.25) is 0 Å². The van der Waals surface area contributed by atoms with Crippen LogP contribution in [0, 0.1) is 11.8 Å². The Kier molecular flexibility index (Phi) is 64.7. The number of aliphatic hydroxyl groups excluding tert-OH is 4. The molecule has 0 radical (unpaired) electrons. The molecular formula is C12H32HfO4. The molecule has 0 aromatic heterocycles. The molecular weight excluding hydrogens is 387 g/mol. The number of hydrogen-bond donors (Lipinski definition) is 4. The van der Waals surface area contributed by atoms with Gasteiger partial charge in [-0.2, -0.15) is 0 Å². The van der Waals surface area contributed by atoms with Gasteiger partial charge in [-0.15, -0.1) is 0 Å². The van der Waals surface area contributed by atoms with E-state index in [1.165, 1.54) is 0 Å². The molecule has 0 aromatic carbocycles. The van der Waals surface area contributed by atoms with Crippen LogP contribution in [0.4, 0.5) is 0 Å². The second kappa shape index (κ2) is 36.0. The van der Waals surface area contributed by atoms with Crippen molar-refractivity contribution < 1.29 is 46.3 Å². The normalized spacial score (nSPS) is 7.76. The third-order valence-corrected chi connectivity index (χ3v) is 0.730. The molecule has 108 valence electrons. The molecule has 0 aliphatic carbocycles. The van der Waals surface area contributed by atoms with E-state index in [9.17, 15) is 0 Å². The average Bonchev–Trinajstić information content (AvgIpc) is 2.21. The van der Waals surface area contributed by atoms with E-state index in [2.05, 4.69) is 0 Å². The minimum Gasteiger partial charge on any atom is -0.397 e. The Morgan fingerprint density at radius 2 is 0.706 bits per heavy atom. The van der Waals surface area contributed by atoms with Gasteiger partial charge in [-0.3, -0.25) is 0 Å². The largest absolute Gasteiger partial charge is 0.397 e. The minimum atomic E-state index is 0. The Bertz CT molecular complexity index is 70.9. The molecule has 0 unspecified atom stereocenters. The van der Waals surface area contributed by atoms with Gasteiger partial charge in [0.05, 0.1) is 0 Å². The van der Waals surface area contributed by atoms with E-state index in [1.54, 1.807) is 13.8 Å². The van der Waals surface area contributed by atoms with Crippen molar-refractivity contribution in [2.24, 2.45) is 11.8 Å². The molecule has 0 rings (SSSR count). The standard InChI is InChI=1S/2C4H10O.2C2H6O.Hf/c2*1-4(2)3-5;2*1-2-3;/h2*4-5H,3H2,1-2H3;2*3H,2H2,1H3;. The number of aliphatic hydroxyl groups is 4. The van der Waals surface area contributed by atoms with Crippen LogP contribution in [0.1, 0.15) is 41.5 Å². The summed E-state index contributed by atoms with van der Waals surface area (Å²) in [6, 6.07) is 0. The van der Waals surface area contributed by atoms with Gasteiger partial charge >= 0.3 is 0 Å². The first-order valence-corrected chi connectivity index (χ1v) is 5.81. The quantitative estimate of drug-likeness (QED) is 0.509. The first kappa shape index (κ1) is 30.6. The predicted molar refractivity (Wildman–Crippen MR) is 69.4 cm³/mol. The molecule has 0 aliphatic rings. The zero-order valence-electron chi connectivity index (χ0n) is 12.3. The van der Waals surface area contributed by atoms with Crippen molar-refractivity contribution in [2.75, 3.05) is 26.4 Å². The third-order valence-electron chi connectivity index (χ3n) is 0.730. The van der Waals surface area contributed by atoms with Crippen LogP contribution in [0.25, 0.3) is 0 Å². The van der Waals surface area contributed by atoms with E-state index in [-0.39, 0.29) is 39.1 Å². The monoisotopic (exact) mass is 420 g/mol. The maximum Gasteiger partial charge on any atom is 0.0453 e. The van der Waals surface area contributed by atoms with Crippen molar-refractivity contribution in [1.82, 2.24) is 0 Å². The van der Waals surface area contributed by atoms with Crippen LogP contribution in [-0.2, 0) is 25.8 Å². The molecule has 17 heavy (non-hydrogen) atoms. The predicted octanol–water partition coefficient (Wildman–Crippen LogP) is 1.26. The van der Waals surface area contributed by atoms with E-state index in [0.717, 1.165) is 0 Å². The van der Waals surface area contributed by atoms with Crippen LogP contribution >= 0.6 is 0 Å². The Morgan fingerprint density at radius 3 is 0.706 bits per heavy atom. The smallest absolute Gasteiger partial charge is 0.0453 e. The van der Waals surface area contributed by atoms with Gasteiger partial charge in [0, 0.05) is 52.3 Å². The summed E-state index contributed by atoms with van der Waals surface area (Å²) in [5.41, 5.74) is 0. The average molecular weight is 419 g/mol. The van der Waals surface area contributed by atoms with Gasteiger partial charge in [0.1, 0.15) is 0 Å². The molecule has 4 nitrogen and oxygen atoms in total. The summed E-state index contributed by atoms with van der Waals surface area (Å²) in [6.07, 6.45) is 0. The molecule has 0 aliphatic heterocycles. The van der Waals surface area contributed by atoms with Gasteiger partial charge in [0.2, 0.25) is 0 Å². The summed E-state index contributed by atoms with van der Waals surface area (Å²) in [7, 11) is 0. The summed E-state index contributed by atoms with van der Waals surface area (Å²) in [4.78, 5) is 0. The summed E-state index contributed by atoms with van der Waals surface area (Å²) in [5, 5.41) is 31.4. The summed E-state index contributed by atoms with van der Waals surface area (Å²) in [5.74, 6) is 0.880. The van der Waals surface area contributed by atoms with E-state index < -0.39 is 0 Å². The van der Waals surface area contributed by atoms with Crippen molar-refractivity contribution in [2.45, 2.75) is 41.5 Å². The Hall–Kier alpha value is 0.710. The van der Waals surface area contributed by atoms with Gasteiger partial charge in [0.25, 0.3) is 0 Å². The molecule has 0 saturated heterocycles. The van der Waals surface area contributed by atoms with Crippen LogP contribution in [0.3, 0.4) is 0 Å². The van der Waals surface area contributed by atoms with Crippen molar-refractivity contribution in [1.29, 1.82) is 0 Å². The Morgan fingerprint density at radius 1 is 0.647 bits per heavy atom. The van der Waals surface area contributed by atoms with E-state index >= 15 is 0 Å². The second-order valence-electron chi connectivity index (χ2n) is 3.79.